The van der Waals surface area contributed by atoms with E-state index >= 15 is 0 Å². The Kier molecular flexibility index (Phi) is 54.2. The highest BCUT2D eigenvalue weighted by molar-refractivity contribution is 5.71. The molecule has 0 saturated heterocycles. The van der Waals surface area contributed by atoms with Gasteiger partial charge in [-0.2, -0.15) is 0 Å². The van der Waals surface area contributed by atoms with Crippen LogP contribution < -0.4 is 0 Å². The van der Waals surface area contributed by atoms with Gasteiger partial charge in [-0.15, -0.1) is 0 Å². The summed E-state index contributed by atoms with van der Waals surface area (Å²) in [5, 5.41) is 0. The van der Waals surface area contributed by atoms with Crippen LogP contribution in [0.4, 0.5) is 0 Å². The molecular weight excluding hydrogens is 817 g/mol. The highest BCUT2D eigenvalue weighted by atomic mass is 16.6. The first-order chi connectivity index (χ1) is 32.5. The molecule has 0 aromatic carbocycles. The molecule has 0 unspecified atom stereocenters. The Morgan fingerprint density at radius 2 is 0.500 bits per heavy atom. The van der Waals surface area contributed by atoms with Gasteiger partial charge in [-0.25, -0.2) is 0 Å². The summed E-state index contributed by atoms with van der Waals surface area (Å²) < 4.78 is 16.9. The van der Waals surface area contributed by atoms with Crippen LogP contribution in [-0.2, 0) is 28.6 Å². The first kappa shape index (κ1) is 64.2. The second-order valence-electron chi connectivity index (χ2n) is 20.3. The molecule has 0 fully saturated rings. The minimum Gasteiger partial charge on any atom is -0.462 e. The lowest BCUT2D eigenvalue weighted by Gasteiger charge is -2.18. The topological polar surface area (TPSA) is 78.9 Å². The Morgan fingerprint density at radius 3 is 0.758 bits per heavy atom. The van der Waals surface area contributed by atoms with Crippen molar-refractivity contribution in [2.45, 2.75) is 341 Å². The van der Waals surface area contributed by atoms with Crippen LogP contribution in [0.15, 0.2) is 12.2 Å². The van der Waals surface area contributed by atoms with Crippen molar-refractivity contribution in [2.24, 2.45) is 0 Å². The van der Waals surface area contributed by atoms with E-state index in [9.17, 15) is 14.4 Å². The number of esters is 3. The molecule has 6 heteroatoms. The zero-order valence-corrected chi connectivity index (χ0v) is 44.7. The van der Waals surface area contributed by atoms with Crippen molar-refractivity contribution in [2.75, 3.05) is 13.2 Å². The molecule has 0 spiro atoms. The minimum absolute atomic E-state index is 0.0644. The fraction of sp³-hybridized carbons (Fsp3) is 0.917. The summed E-state index contributed by atoms with van der Waals surface area (Å²) in [5.74, 6) is -0.841. The SMILES string of the molecule is CCCCCCCC/C=C\CCCCCCCCCCCC(=O)OC[C@H](COC(=O)CCCCCCCCCCCCCC)OC(=O)CCCCCCCCCCCCCCCCCCC. The largest absolute Gasteiger partial charge is 0.462 e. The van der Waals surface area contributed by atoms with E-state index in [0.717, 1.165) is 57.8 Å². The molecule has 6 nitrogen and oxygen atoms in total. The van der Waals surface area contributed by atoms with E-state index in [1.165, 1.54) is 238 Å². The molecule has 0 saturated carbocycles. The van der Waals surface area contributed by atoms with E-state index in [-0.39, 0.29) is 31.1 Å². The highest BCUT2D eigenvalue weighted by Crippen LogP contribution is 2.17. The third kappa shape index (κ3) is 53.1. The number of carbonyl (C=O) groups is 3. The van der Waals surface area contributed by atoms with Gasteiger partial charge >= 0.3 is 17.9 Å². The molecule has 1 atom stereocenters. The van der Waals surface area contributed by atoms with Crippen LogP contribution in [0.2, 0.25) is 0 Å². The molecule has 0 aliphatic heterocycles. The monoisotopic (exact) mass is 931 g/mol. The van der Waals surface area contributed by atoms with Crippen LogP contribution in [0.1, 0.15) is 335 Å². The Morgan fingerprint density at radius 1 is 0.288 bits per heavy atom. The van der Waals surface area contributed by atoms with Gasteiger partial charge in [-0.3, -0.25) is 14.4 Å². The number of allylic oxidation sites excluding steroid dienone is 2. The van der Waals surface area contributed by atoms with Crippen LogP contribution in [0.25, 0.3) is 0 Å². The molecule has 0 heterocycles. The van der Waals surface area contributed by atoms with Gasteiger partial charge in [-0.05, 0) is 44.9 Å². The number of rotatable bonds is 55. The summed E-state index contributed by atoms with van der Waals surface area (Å²) in [4.78, 5) is 38.1. The summed E-state index contributed by atoms with van der Waals surface area (Å²) in [7, 11) is 0. The first-order valence-corrected chi connectivity index (χ1v) is 29.7. The zero-order chi connectivity index (χ0) is 47.9. The number of carbonyl (C=O) groups excluding carboxylic acids is 3. The van der Waals surface area contributed by atoms with Gasteiger partial charge in [0.25, 0.3) is 0 Å². The second-order valence-corrected chi connectivity index (χ2v) is 20.3. The molecule has 0 aromatic heterocycles. The van der Waals surface area contributed by atoms with E-state index in [2.05, 4.69) is 32.9 Å². The minimum atomic E-state index is -0.765. The molecule has 0 bridgehead atoms. The van der Waals surface area contributed by atoms with Crippen LogP contribution >= 0.6 is 0 Å². The van der Waals surface area contributed by atoms with Crippen molar-refractivity contribution in [3.05, 3.63) is 12.2 Å². The number of hydrogen-bond donors (Lipinski definition) is 0. The van der Waals surface area contributed by atoms with Gasteiger partial charge in [0, 0.05) is 19.3 Å². The van der Waals surface area contributed by atoms with Crippen molar-refractivity contribution in [3.8, 4) is 0 Å². The fourth-order valence-electron chi connectivity index (χ4n) is 9.03. The maximum Gasteiger partial charge on any atom is 0.306 e. The summed E-state index contributed by atoms with van der Waals surface area (Å²) in [6.45, 7) is 6.69. The van der Waals surface area contributed by atoms with Gasteiger partial charge in [0.2, 0.25) is 0 Å². The van der Waals surface area contributed by atoms with Gasteiger partial charge in [0.1, 0.15) is 13.2 Å². The molecule has 0 N–H and O–H groups in total. The van der Waals surface area contributed by atoms with Crippen LogP contribution in [-0.4, -0.2) is 37.2 Å². The van der Waals surface area contributed by atoms with Gasteiger partial charge in [-0.1, -0.05) is 283 Å². The molecule has 0 rings (SSSR count). The lowest BCUT2D eigenvalue weighted by atomic mass is 10.0. The quantitative estimate of drug-likeness (QED) is 0.0262. The number of hydrogen-bond acceptors (Lipinski definition) is 6. The molecule has 0 amide bonds. The maximum atomic E-state index is 12.9. The molecule has 0 radical (unpaired) electrons. The summed E-state index contributed by atoms with van der Waals surface area (Å²) in [6.07, 6.45) is 63.4. The highest BCUT2D eigenvalue weighted by Gasteiger charge is 2.19. The van der Waals surface area contributed by atoms with Crippen LogP contribution in [0.5, 0.6) is 0 Å². The second kappa shape index (κ2) is 55.7. The average molecular weight is 932 g/mol. The third-order valence-electron chi connectivity index (χ3n) is 13.5. The number of ether oxygens (including phenoxy) is 3. The Balaban J connectivity index is 4.28. The first-order valence-electron chi connectivity index (χ1n) is 29.7. The van der Waals surface area contributed by atoms with E-state index in [1.54, 1.807) is 0 Å². The predicted molar refractivity (Wildman–Crippen MR) is 284 cm³/mol. The maximum absolute atomic E-state index is 12.9. The van der Waals surface area contributed by atoms with Crippen LogP contribution in [0, 0.1) is 0 Å². The Hall–Kier alpha value is -1.85. The van der Waals surface area contributed by atoms with Gasteiger partial charge < -0.3 is 14.2 Å². The molecule has 0 aliphatic rings. The Labute approximate surface area is 411 Å². The van der Waals surface area contributed by atoms with Gasteiger partial charge in [0.15, 0.2) is 6.10 Å². The average Bonchev–Trinajstić information content (AvgIpc) is 3.31. The normalized spacial score (nSPS) is 12.0. The molecule has 0 aromatic rings. The summed E-state index contributed by atoms with van der Waals surface area (Å²) in [6, 6.07) is 0. The van der Waals surface area contributed by atoms with Crippen molar-refractivity contribution >= 4 is 17.9 Å². The van der Waals surface area contributed by atoms with Crippen molar-refractivity contribution in [1.29, 1.82) is 0 Å². The van der Waals surface area contributed by atoms with Crippen LogP contribution in [0.3, 0.4) is 0 Å². The van der Waals surface area contributed by atoms with E-state index in [0.29, 0.717) is 19.3 Å². The molecule has 66 heavy (non-hydrogen) atoms. The molecule has 0 aliphatic carbocycles. The predicted octanol–water partition coefficient (Wildman–Crippen LogP) is 19.7. The smallest absolute Gasteiger partial charge is 0.306 e. The van der Waals surface area contributed by atoms with Crippen molar-refractivity contribution < 1.29 is 28.6 Å². The van der Waals surface area contributed by atoms with E-state index in [1.807, 2.05) is 0 Å². The lowest BCUT2D eigenvalue weighted by Crippen LogP contribution is -2.30. The van der Waals surface area contributed by atoms with Crippen molar-refractivity contribution in [1.82, 2.24) is 0 Å². The van der Waals surface area contributed by atoms with E-state index in [4.69, 9.17) is 14.2 Å². The molecule has 390 valence electrons. The van der Waals surface area contributed by atoms with Crippen molar-refractivity contribution in [3.63, 3.8) is 0 Å². The lowest BCUT2D eigenvalue weighted by molar-refractivity contribution is -0.167. The molecular formula is C60H114O6. The summed E-state index contributed by atoms with van der Waals surface area (Å²) >= 11 is 0. The third-order valence-corrected chi connectivity index (χ3v) is 13.5. The number of unbranched alkanes of at least 4 members (excludes halogenated alkanes) is 42. The van der Waals surface area contributed by atoms with E-state index < -0.39 is 6.10 Å². The Bertz CT molecular complexity index is 1020. The fourth-order valence-corrected chi connectivity index (χ4v) is 9.03. The zero-order valence-electron chi connectivity index (χ0n) is 44.7. The summed E-state index contributed by atoms with van der Waals surface area (Å²) in [5.41, 5.74) is 0. The van der Waals surface area contributed by atoms with Gasteiger partial charge in [0.05, 0.1) is 0 Å². The standard InChI is InChI=1S/C60H114O6/c1-4-7-10-13-16-19-22-25-27-29-30-32-33-35-38-41-44-47-50-53-59(62)65-56-57(55-64-58(61)52-49-46-43-40-37-24-21-18-15-12-9-6-3)66-60(63)54-51-48-45-42-39-36-34-31-28-26-23-20-17-14-11-8-5-2/h25,27,57H,4-24,26,28-56H2,1-3H3/b27-25-/t57-/m0/s1.